The molecule has 0 aliphatic carbocycles. The van der Waals surface area contributed by atoms with Gasteiger partial charge in [-0.2, -0.15) is 5.26 Å². The number of amides is 2. The molecule has 6 nitrogen and oxygen atoms in total. The number of aromatic nitrogens is 1. The molecule has 8 heteroatoms. The Bertz CT molecular complexity index is 1010. The number of ether oxygens (including phenoxy) is 1. The van der Waals surface area contributed by atoms with Crippen LogP contribution in [-0.4, -0.2) is 27.5 Å². The molecule has 1 aliphatic heterocycles. The largest absolute Gasteiger partial charge is 0.443 e. The SMILES string of the molecule is CC(C)(C)OC(=O)N1Cc2nc(-c3c(F)cccc3C#N)cc(Cl)c2C1=O. The van der Waals surface area contributed by atoms with Gasteiger partial charge in [0, 0.05) is 0 Å². The normalized spacial score (nSPS) is 13.3. The van der Waals surface area contributed by atoms with Crippen LogP contribution in [0.25, 0.3) is 11.3 Å². The maximum absolute atomic E-state index is 14.3. The molecule has 1 aliphatic rings. The average molecular weight is 388 g/mol. The Hall–Kier alpha value is -2.98. The number of nitriles is 1. The number of carbonyl (C=O) groups is 2. The molecule has 0 N–H and O–H groups in total. The van der Waals surface area contributed by atoms with Crippen molar-refractivity contribution in [2.45, 2.75) is 32.9 Å². The first kappa shape index (κ1) is 18.8. The van der Waals surface area contributed by atoms with Gasteiger partial charge in [-0.15, -0.1) is 0 Å². The lowest BCUT2D eigenvalue weighted by Crippen LogP contribution is -2.36. The van der Waals surface area contributed by atoms with Gasteiger partial charge in [0.15, 0.2) is 0 Å². The van der Waals surface area contributed by atoms with Crippen molar-refractivity contribution >= 4 is 23.6 Å². The van der Waals surface area contributed by atoms with E-state index in [9.17, 15) is 19.2 Å². The second-order valence-corrected chi connectivity index (χ2v) is 7.36. The predicted octanol–water partition coefficient (Wildman–Crippen LogP) is 4.30. The topological polar surface area (TPSA) is 83.3 Å². The zero-order valence-electron chi connectivity index (χ0n) is 14.8. The number of imide groups is 1. The molecule has 0 fully saturated rings. The van der Waals surface area contributed by atoms with Crippen molar-refractivity contribution in [3.63, 3.8) is 0 Å². The molecule has 1 aromatic heterocycles. The third-order valence-electron chi connectivity index (χ3n) is 3.82. The summed E-state index contributed by atoms with van der Waals surface area (Å²) in [6.07, 6.45) is -0.813. The Balaban J connectivity index is 2.04. The predicted molar refractivity (Wildman–Crippen MR) is 95.5 cm³/mol. The highest BCUT2D eigenvalue weighted by Crippen LogP contribution is 2.34. The van der Waals surface area contributed by atoms with E-state index in [0.29, 0.717) is 0 Å². The fourth-order valence-electron chi connectivity index (χ4n) is 2.73. The highest BCUT2D eigenvalue weighted by molar-refractivity contribution is 6.35. The minimum Gasteiger partial charge on any atom is -0.443 e. The molecular weight excluding hydrogens is 373 g/mol. The second kappa shape index (κ2) is 6.63. The van der Waals surface area contributed by atoms with Crippen LogP contribution in [0.3, 0.4) is 0 Å². The lowest BCUT2D eigenvalue weighted by molar-refractivity contribution is 0.0247. The lowest BCUT2D eigenvalue weighted by Gasteiger charge is -2.23. The molecule has 2 amide bonds. The van der Waals surface area contributed by atoms with E-state index in [1.165, 1.54) is 24.3 Å². The van der Waals surface area contributed by atoms with Gasteiger partial charge in [0.25, 0.3) is 5.91 Å². The molecular formula is C19H15ClFN3O3. The van der Waals surface area contributed by atoms with E-state index in [-0.39, 0.29) is 39.6 Å². The number of hydrogen-bond donors (Lipinski definition) is 0. The third-order valence-corrected chi connectivity index (χ3v) is 4.12. The average Bonchev–Trinajstić information content (AvgIpc) is 2.90. The molecule has 0 spiro atoms. The van der Waals surface area contributed by atoms with Gasteiger partial charge in [0.1, 0.15) is 11.4 Å². The van der Waals surface area contributed by atoms with Gasteiger partial charge < -0.3 is 4.74 Å². The molecule has 3 rings (SSSR count). The molecule has 0 radical (unpaired) electrons. The monoisotopic (exact) mass is 387 g/mol. The first-order chi connectivity index (χ1) is 12.6. The van der Waals surface area contributed by atoms with Crippen LogP contribution in [0.4, 0.5) is 9.18 Å². The quantitative estimate of drug-likeness (QED) is 0.728. The zero-order chi connectivity index (χ0) is 19.9. The highest BCUT2D eigenvalue weighted by Gasteiger charge is 2.38. The van der Waals surface area contributed by atoms with Crippen molar-refractivity contribution in [3.05, 3.63) is 51.9 Å². The minimum atomic E-state index is -0.813. The number of pyridine rings is 1. The number of benzene rings is 1. The lowest BCUT2D eigenvalue weighted by atomic mass is 10.0. The first-order valence-electron chi connectivity index (χ1n) is 8.05. The summed E-state index contributed by atoms with van der Waals surface area (Å²) in [6, 6.07) is 7.30. The van der Waals surface area contributed by atoms with Crippen molar-refractivity contribution < 1.29 is 18.7 Å². The van der Waals surface area contributed by atoms with Crippen LogP contribution in [0.15, 0.2) is 24.3 Å². The number of fused-ring (bicyclic) bond motifs is 1. The number of halogens is 2. The fraction of sp³-hybridized carbons (Fsp3) is 0.263. The van der Waals surface area contributed by atoms with Gasteiger partial charge in [-0.05, 0) is 39.0 Å². The van der Waals surface area contributed by atoms with E-state index in [1.807, 2.05) is 6.07 Å². The standard InChI is InChI=1S/C19H15ClFN3O3/c1-19(2,3)27-18(26)24-9-14-16(17(24)25)11(20)7-13(23-14)15-10(8-22)5-4-6-12(15)21/h4-7H,9H2,1-3H3. The van der Waals surface area contributed by atoms with Crippen molar-refractivity contribution in [2.24, 2.45) is 0 Å². The highest BCUT2D eigenvalue weighted by atomic mass is 35.5. The summed E-state index contributed by atoms with van der Waals surface area (Å²) >= 11 is 6.23. The van der Waals surface area contributed by atoms with Crippen LogP contribution in [0.2, 0.25) is 5.02 Å². The molecule has 27 heavy (non-hydrogen) atoms. The number of hydrogen-bond acceptors (Lipinski definition) is 5. The van der Waals surface area contributed by atoms with Crippen molar-refractivity contribution in [3.8, 4) is 17.3 Å². The van der Waals surface area contributed by atoms with E-state index in [2.05, 4.69) is 4.98 Å². The summed E-state index contributed by atoms with van der Waals surface area (Å²) in [5.74, 6) is -1.26. The molecule has 138 valence electrons. The van der Waals surface area contributed by atoms with Crippen LogP contribution in [0, 0.1) is 17.1 Å². The van der Waals surface area contributed by atoms with E-state index in [4.69, 9.17) is 16.3 Å². The summed E-state index contributed by atoms with van der Waals surface area (Å²) in [5, 5.41) is 9.26. The Morgan fingerprint density at radius 1 is 1.37 bits per heavy atom. The minimum absolute atomic E-state index is 0.00660. The van der Waals surface area contributed by atoms with Crippen LogP contribution in [0.1, 0.15) is 42.4 Å². The van der Waals surface area contributed by atoms with Gasteiger partial charge in [-0.3, -0.25) is 4.79 Å². The Morgan fingerprint density at radius 2 is 2.07 bits per heavy atom. The van der Waals surface area contributed by atoms with Crippen LogP contribution in [0.5, 0.6) is 0 Å². The maximum atomic E-state index is 14.3. The smallest absolute Gasteiger partial charge is 0.417 e. The van der Waals surface area contributed by atoms with E-state index < -0.39 is 23.4 Å². The summed E-state index contributed by atoms with van der Waals surface area (Å²) in [5.41, 5.74) is -0.280. The Morgan fingerprint density at radius 3 is 2.70 bits per heavy atom. The van der Waals surface area contributed by atoms with Gasteiger partial charge >= 0.3 is 6.09 Å². The fourth-order valence-corrected chi connectivity index (χ4v) is 3.02. The molecule has 0 bridgehead atoms. The van der Waals surface area contributed by atoms with Gasteiger partial charge in [0.2, 0.25) is 0 Å². The molecule has 0 saturated carbocycles. The number of rotatable bonds is 1. The summed E-state index contributed by atoms with van der Waals surface area (Å²) in [7, 11) is 0. The molecule has 2 heterocycles. The maximum Gasteiger partial charge on any atom is 0.417 e. The van der Waals surface area contributed by atoms with Gasteiger partial charge in [0.05, 0.1) is 45.7 Å². The second-order valence-electron chi connectivity index (χ2n) is 6.96. The molecule has 1 aromatic carbocycles. The Kier molecular flexibility index (Phi) is 4.62. The number of carbonyl (C=O) groups excluding carboxylic acids is 2. The van der Waals surface area contributed by atoms with Crippen molar-refractivity contribution in [2.75, 3.05) is 0 Å². The van der Waals surface area contributed by atoms with E-state index >= 15 is 0 Å². The summed E-state index contributed by atoms with van der Waals surface area (Å²) < 4.78 is 19.5. The van der Waals surface area contributed by atoms with Crippen LogP contribution < -0.4 is 0 Å². The Labute approximate surface area is 160 Å². The molecule has 0 saturated heterocycles. The van der Waals surface area contributed by atoms with Crippen LogP contribution in [-0.2, 0) is 11.3 Å². The van der Waals surface area contributed by atoms with Gasteiger partial charge in [-0.25, -0.2) is 19.1 Å². The van der Waals surface area contributed by atoms with E-state index in [0.717, 1.165) is 4.90 Å². The zero-order valence-corrected chi connectivity index (χ0v) is 15.6. The van der Waals surface area contributed by atoms with Crippen molar-refractivity contribution in [1.29, 1.82) is 5.26 Å². The molecule has 2 aromatic rings. The summed E-state index contributed by atoms with van der Waals surface area (Å²) in [4.78, 5) is 30.0. The first-order valence-corrected chi connectivity index (χ1v) is 8.43. The van der Waals surface area contributed by atoms with Gasteiger partial charge in [-0.1, -0.05) is 17.7 Å². The molecule has 0 unspecified atom stereocenters. The van der Waals surface area contributed by atoms with Crippen molar-refractivity contribution in [1.82, 2.24) is 9.88 Å². The molecule has 0 atom stereocenters. The third kappa shape index (κ3) is 3.49. The summed E-state index contributed by atoms with van der Waals surface area (Å²) in [6.45, 7) is 4.91. The van der Waals surface area contributed by atoms with E-state index in [1.54, 1.807) is 20.8 Å². The van der Waals surface area contributed by atoms with Crippen LogP contribution >= 0.6 is 11.6 Å². The number of nitrogens with zero attached hydrogens (tertiary/aromatic N) is 3.